The molecule has 1 amide bonds. The molecule has 2 N–H and O–H groups in total. The lowest BCUT2D eigenvalue weighted by atomic mass is 9.79. The molecule has 0 spiro atoms. The fourth-order valence-electron chi connectivity index (χ4n) is 6.83. The largest absolute Gasteiger partial charge is 0.497 e. The van der Waals surface area contributed by atoms with Crippen LogP contribution in [0.25, 0.3) is 11.2 Å². The first-order valence-corrected chi connectivity index (χ1v) is 20.6. The number of nitrogens with zero attached hydrogens (tertiary/aromatic N) is 4. The summed E-state index contributed by atoms with van der Waals surface area (Å²) in [5, 5.41) is 11.8. The van der Waals surface area contributed by atoms with Gasteiger partial charge in [0.1, 0.15) is 29.4 Å². The first-order chi connectivity index (χ1) is 27.6. The molecular formula is C42H49N6O8P. The van der Waals surface area contributed by atoms with Gasteiger partial charge in [0.2, 0.25) is 11.9 Å². The summed E-state index contributed by atoms with van der Waals surface area (Å²) in [6.45, 7) is 7.78. The van der Waals surface area contributed by atoms with E-state index in [0.717, 1.165) is 29.5 Å². The minimum Gasteiger partial charge on any atom is -0.497 e. The van der Waals surface area contributed by atoms with Crippen LogP contribution in [0.2, 0.25) is 0 Å². The van der Waals surface area contributed by atoms with Crippen molar-refractivity contribution in [1.82, 2.24) is 19.5 Å². The smallest absolute Gasteiger partial charge is 0.280 e. The van der Waals surface area contributed by atoms with E-state index in [1.807, 2.05) is 55.2 Å². The van der Waals surface area contributed by atoms with Gasteiger partial charge in [0.25, 0.3) is 5.56 Å². The fourth-order valence-corrected chi connectivity index (χ4v) is 7.85. The summed E-state index contributed by atoms with van der Waals surface area (Å²) in [5.41, 5.74) is 2.56. The third-order valence-electron chi connectivity index (χ3n) is 9.82. The maximum atomic E-state index is 13.1. The van der Waals surface area contributed by atoms with Crippen molar-refractivity contribution in [2.45, 2.75) is 70.5 Å². The van der Waals surface area contributed by atoms with Gasteiger partial charge in [0, 0.05) is 19.0 Å². The molecular weight excluding hydrogens is 747 g/mol. The van der Waals surface area contributed by atoms with Crippen molar-refractivity contribution in [2.75, 3.05) is 39.4 Å². The van der Waals surface area contributed by atoms with Gasteiger partial charge in [-0.3, -0.25) is 24.5 Å². The average molecular weight is 797 g/mol. The zero-order valence-electron chi connectivity index (χ0n) is 33.1. The van der Waals surface area contributed by atoms with E-state index in [1.54, 1.807) is 32.6 Å². The summed E-state index contributed by atoms with van der Waals surface area (Å²) in [7, 11) is 1.85. The minimum absolute atomic E-state index is 0.00956. The maximum Gasteiger partial charge on any atom is 0.280 e. The van der Waals surface area contributed by atoms with Crippen LogP contribution < -0.4 is 20.3 Å². The number of aromatic amines is 1. The molecule has 57 heavy (non-hydrogen) atoms. The SMILES string of the molecule is CCCc1ccc(C(OC[C@H]2O[C@@H](n3cnc4c(=O)[nH]c(NC(=O)C(C)C)nc43)C[C@H]2OP(C)OCCC#N)(c2ccc(OC)cc2)c2ccc(OC)cc2)cc1. The Morgan fingerprint density at radius 2 is 1.65 bits per heavy atom. The first kappa shape index (κ1) is 41.5. The molecule has 3 aromatic carbocycles. The van der Waals surface area contributed by atoms with Crippen molar-refractivity contribution in [1.29, 1.82) is 5.26 Å². The summed E-state index contributed by atoms with van der Waals surface area (Å²) in [6, 6.07) is 26.2. The molecule has 14 nitrogen and oxygen atoms in total. The molecule has 4 atom stereocenters. The Morgan fingerprint density at radius 3 is 2.21 bits per heavy atom. The third kappa shape index (κ3) is 9.36. The van der Waals surface area contributed by atoms with E-state index in [9.17, 15) is 9.59 Å². The summed E-state index contributed by atoms with van der Waals surface area (Å²) in [4.78, 5) is 37.1. The van der Waals surface area contributed by atoms with Crippen molar-refractivity contribution in [3.63, 3.8) is 0 Å². The number of amides is 1. The van der Waals surface area contributed by atoms with Crippen LogP contribution in [0.15, 0.2) is 83.9 Å². The van der Waals surface area contributed by atoms with Gasteiger partial charge in [-0.15, -0.1) is 0 Å². The Bertz CT molecular complexity index is 2150. The van der Waals surface area contributed by atoms with Crippen LogP contribution in [0.1, 0.15) is 68.5 Å². The maximum absolute atomic E-state index is 13.1. The third-order valence-corrected chi connectivity index (χ3v) is 10.9. The van der Waals surface area contributed by atoms with E-state index in [0.29, 0.717) is 17.9 Å². The molecule has 1 aliphatic rings. The fraction of sp³-hybridized carbons (Fsp3) is 0.405. The second kappa shape index (κ2) is 18.9. The predicted molar refractivity (Wildman–Crippen MR) is 216 cm³/mol. The van der Waals surface area contributed by atoms with Crippen molar-refractivity contribution in [2.24, 2.45) is 5.92 Å². The zero-order valence-corrected chi connectivity index (χ0v) is 34.0. The number of methoxy groups -OCH3 is 2. The topological polar surface area (TPSA) is 172 Å². The highest BCUT2D eigenvalue weighted by Gasteiger charge is 2.44. The van der Waals surface area contributed by atoms with Crippen molar-refractivity contribution in [3.05, 3.63) is 112 Å². The zero-order chi connectivity index (χ0) is 40.5. The van der Waals surface area contributed by atoms with E-state index < -0.39 is 38.0 Å². The van der Waals surface area contributed by atoms with E-state index in [-0.39, 0.29) is 48.6 Å². The number of carbonyl (C=O) groups excluding carboxylic acids is 1. The highest BCUT2D eigenvalue weighted by atomic mass is 31.2. The van der Waals surface area contributed by atoms with E-state index >= 15 is 0 Å². The van der Waals surface area contributed by atoms with Gasteiger partial charge in [-0.2, -0.15) is 10.2 Å². The number of imidazole rings is 1. The van der Waals surface area contributed by atoms with Gasteiger partial charge in [0.15, 0.2) is 19.5 Å². The van der Waals surface area contributed by atoms with Crippen LogP contribution in [0.4, 0.5) is 5.95 Å². The van der Waals surface area contributed by atoms with E-state index in [2.05, 4.69) is 57.5 Å². The standard InChI is InChI=1S/C42H49N6O8P/c1-7-9-28-10-12-29(13-11-28)42(30-14-18-32(51-4)19-15-30,31-16-20-33(52-5)21-17-31)53-25-35-34(56-57(6)54-23-8-22-43)24-36(55-35)48-26-44-37-38(48)45-41(47-40(37)50)46-39(49)27(2)3/h10-21,26-27,34-36H,7-9,23-25H2,1-6H3,(H2,45,46,47,49,50)/t34-,35-,36-,57?/m1/s1. The van der Waals surface area contributed by atoms with Crippen molar-refractivity contribution in [3.8, 4) is 17.6 Å². The summed E-state index contributed by atoms with van der Waals surface area (Å²) in [5.74, 6) is 0.794. The predicted octanol–water partition coefficient (Wildman–Crippen LogP) is 7.24. The number of benzene rings is 3. The number of anilines is 1. The molecule has 1 fully saturated rings. The molecule has 6 rings (SSSR count). The minimum atomic E-state index is -1.41. The number of nitriles is 1. The number of rotatable bonds is 18. The Hall–Kier alpha value is -5.16. The van der Waals surface area contributed by atoms with Crippen LogP contribution in [-0.2, 0) is 35.3 Å². The normalized spacial score (nSPS) is 17.4. The monoisotopic (exact) mass is 796 g/mol. The quantitative estimate of drug-likeness (QED) is 0.0520. The highest BCUT2D eigenvalue weighted by Crippen LogP contribution is 2.46. The molecule has 0 radical (unpaired) electrons. The number of ether oxygens (including phenoxy) is 4. The first-order valence-electron chi connectivity index (χ1n) is 19.0. The number of H-pyrrole nitrogens is 1. The lowest BCUT2D eigenvalue weighted by molar-refractivity contribution is -0.118. The van der Waals surface area contributed by atoms with Crippen molar-refractivity contribution < 1.29 is 32.8 Å². The van der Waals surface area contributed by atoms with Gasteiger partial charge in [-0.25, -0.2) is 4.98 Å². The molecule has 3 heterocycles. The molecule has 1 aliphatic heterocycles. The number of hydrogen-bond donors (Lipinski definition) is 2. The highest BCUT2D eigenvalue weighted by molar-refractivity contribution is 7.46. The van der Waals surface area contributed by atoms with Crippen LogP contribution in [0, 0.1) is 17.2 Å². The van der Waals surface area contributed by atoms with E-state index in [4.69, 9.17) is 33.3 Å². The van der Waals surface area contributed by atoms with Gasteiger partial charge in [-0.05, 0) is 52.9 Å². The number of nitrogens with one attached hydrogen (secondary N) is 2. The van der Waals surface area contributed by atoms with Gasteiger partial charge in [-0.1, -0.05) is 75.7 Å². The lowest BCUT2D eigenvalue weighted by Gasteiger charge is -2.37. The Morgan fingerprint density at radius 1 is 1.04 bits per heavy atom. The van der Waals surface area contributed by atoms with E-state index in [1.165, 1.54) is 11.9 Å². The number of hydrogen-bond acceptors (Lipinski definition) is 11. The Kier molecular flexibility index (Phi) is 13.7. The number of aryl methyl sites for hydroxylation is 1. The average Bonchev–Trinajstić information content (AvgIpc) is 3.83. The lowest BCUT2D eigenvalue weighted by Crippen LogP contribution is -2.38. The molecule has 1 saturated heterocycles. The number of carbonyl (C=O) groups is 1. The molecule has 15 heteroatoms. The molecule has 0 aliphatic carbocycles. The van der Waals surface area contributed by atoms with Gasteiger partial charge >= 0.3 is 0 Å². The molecule has 300 valence electrons. The molecule has 1 unspecified atom stereocenters. The summed E-state index contributed by atoms with van der Waals surface area (Å²) >= 11 is 0. The van der Waals surface area contributed by atoms with Gasteiger partial charge in [0.05, 0.1) is 52.4 Å². The van der Waals surface area contributed by atoms with Crippen molar-refractivity contribution >= 4 is 31.4 Å². The molecule has 5 aromatic rings. The van der Waals surface area contributed by atoms with Gasteiger partial charge < -0.3 is 28.0 Å². The Labute approximate surface area is 333 Å². The number of aromatic nitrogens is 4. The molecule has 2 aromatic heterocycles. The number of fused-ring (bicyclic) bond motifs is 1. The summed E-state index contributed by atoms with van der Waals surface area (Å²) in [6.07, 6.45) is 2.17. The van der Waals surface area contributed by atoms with Crippen LogP contribution >= 0.6 is 8.38 Å². The molecule has 0 saturated carbocycles. The Balaban J connectivity index is 1.41. The summed E-state index contributed by atoms with van der Waals surface area (Å²) < 4.78 is 39.2. The molecule has 0 bridgehead atoms. The second-order valence-corrected chi connectivity index (χ2v) is 15.3. The second-order valence-electron chi connectivity index (χ2n) is 14.0. The van der Waals surface area contributed by atoms with Crippen LogP contribution in [0.5, 0.6) is 11.5 Å². The van der Waals surface area contributed by atoms with Crippen LogP contribution in [0.3, 0.4) is 0 Å². The van der Waals surface area contributed by atoms with Crippen LogP contribution in [-0.4, -0.2) is 71.7 Å².